The Kier molecular flexibility index (Phi) is 4.07. The second-order valence-corrected chi connectivity index (χ2v) is 7.00. The van der Waals surface area contributed by atoms with Crippen LogP contribution in [0.4, 0.5) is 0 Å². The highest BCUT2D eigenvalue weighted by molar-refractivity contribution is 7.89. The molecule has 1 aromatic carbocycles. The van der Waals surface area contributed by atoms with Crippen LogP contribution in [0.3, 0.4) is 0 Å². The van der Waals surface area contributed by atoms with Gasteiger partial charge in [-0.2, -0.15) is 0 Å². The first kappa shape index (κ1) is 15.3. The van der Waals surface area contributed by atoms with Gasteiger partial charge in [0.2, 0.25) is 10.0 Å². The number of sulfonamides is 1. The predicted molar refractivity (Wildman–Crippen MR) is 80.3 cm³/mol. The fourth-order valence-electron chi connectivity index (χ4n) is 2.60. The van der Waals surface area contributed by atoms with Crippen LogP contribution in [0.15, 0.2) is 32.3 Å². The third kappa shape index (κ3) is 2.81. The van der Waals surface area contributed by atoms with Crippen molar-refractivity contribution in [3.8, 4) is 0 Å². The van der Waals surface area contributed by atoms with Gasteiger partial charge in [0, 0.05) is 25.8 Å². The van der Waals surface area contributed by atoms with Gasteiger partial charge in [-0.15, -0.1) is 0 Å². The molecule has 0 aliphatic carbocycles. The van der Waals surface area contributed by atoms with Gasteiger partial charge < -0.3 is 9.15 Å². The maximum atomic E-state index is 12.3. The minimum atomic E-state index is -3.65. The number of oxazole rings is 1. The molecule has 1 N–H and O–H groups in total. The molecular formula is C14H18N2O5S. The minimum absolute atomic E-state index is 0.0717. The molecule has 22 heavy (non-hydrogen) atoms. The van der Waals surface area contributed by atoms with Gasteiger partial charge >= 0.3 is 5.76 Å². The van der Waals surface area contributed by atoms with Crippen LogP contribution >= 0.6 is 0 Å². The molecule has 0 radical (unpaired) electrons. The van der Waals surface area contributed by atoms with Gasteiger partial charge in [0.25, 0.3) is 0 Å². The van der Waals surface area contributed by atoms with E-state index in [2.05, 4.69) is 4.72 Å². The molecule has 1 aliphatic rings. The van der Waals surface area contributed by atoms with E-state index in [-0.39, 0.29) is 23.1 Å². The normalized spacial score (nSPS) is 19.0. The number of aryl methyl sites for hydroxylation is 1. The zero-order chi connectivity index (χ0) is 15.7. The molecule has 0 saturated carbocycles. The Morgan fingerprint density at radius 3 is 2.91 bits per heavy atom. The highest BCUT2D eigenvalue weighted by atomic mass is 32.2. The van der Waals surface area contributed by atoms with Crippen molar-refractivity contribution >= 4 is 21.1 Å². The first-order valence-corrected chi connectivity index (χ1v) is 8.74. The Morgan fingerprint density at radius 1 is 1.41 bits per heavy atom. The van der Waals surface area contributed by atoms with E-state index in [0.717, 1.165) is 12.8 Å². The van der Waals surface area contributed by atoms with Crippen molar-refractivity contribution in [3.05, 3.63) is 28.7 Å². The van der Waals surface area contributed by atoms with E-state index in [1.807, 2.05) is 6.92 Å². The zero-order valence-corrected chi connectivity index (χ0v) is 13.1. The highest BCUT2D eigenvalue weighted by Crippen LogP contribution is 2.19. The molecule has 1 atom stereocenters. The molecule has 2 heterocycles. The molecule has 1 aromatic heterocycles. The quantitative estimate of drug-likeness (QED) is 0.887. The third-order valence-electron chi connectivity index (χ3n) is 3.79. The number of benzene rings is 1. The summed E-state index contributed by atoms with van der Waals surface area (Å²) < 4.78 is 39.1. The molecule has 0 amide bonds. The van der Waals surface area contributed by atoms with Crippen LogP contribution in [0, 0.1) is 0 Å². The van der Waals surface area contributed by atoms with E-state index in [1.54, 1.807) is 6.07 Å². The van der Waals surface area contributed by atoms with E-state index >= 15 is 0 Å². The van der Waals surface area contributed by atoms with Crippen LogP contribution in [-0.4, -0.2) is 32.2 Å². The summed E-state index contributed by atoms with van der Waals surface area (Å²) in [5.41, 5.74) is 0.859. The van der Waals surface area contributed by atoms with Gasteiger partial charge in [0.15, 0.2) is 5.58 Å². The number of aromatic nitrogens is 1. The first-order valence-electron chi connectivity index (χ1n) is 7.26. The van der Waals surface area contributed by atoms with Gasteiger partial charge in [0.05, 0.1) is 16.5 Å². The van der Waals surface area contributed by atoms with Gasteiger partial charge in [-0.25, -0.2) is 17.9 Å². The molecule has 8 heteroatoms. The lowest BCUT2D eigenvalue weighted by atomic mass is 10.2. The molecule has 0 bridgehead atoms. The van der Waals surface area contributed by atoms with Crippen molar-refractivity contribution in [2.24, 2.45) is 0 Å². The summed E-state index contributed by atoms with van der Waals surface area (Å²) in [7, 11) is -3.65. The summed E-state index contributed by atoms with van der Waals surface area (Å²) in [6.45, 7) is 3.22. The van der Waals surface area contributed by atoms with Crippen LogP contribution < -0.4 is 10.5 Å². The summed E-state index contributed by atoms with van der Waals surface area (Å²) in [5.74, 6) is -0.487. The van der Waals surface area contributed by atoms with Crippen molar-refractivity contribution in [2.75, 3.05) is 13.2 Å². The molecule has 1 fully saturated rings. The summed E-state index contributed by atoms with van der Waals surface area (Å²) in [4.78, 5) is 11.7. The molecule has 7 nitrogen and oxygen atoms in total. The smallest absolute Gasteiger partial charge is 0.408 e. The van der Waals surface area contributed by atoms with Crippen molar-refractivity contribution in [3.63, 3.8) is 0 Å². The average Bonchev–Trinajstić information content (AvgIpc) is 3.10. The van der Waals surface area contributed by atoms with Crippen LogP contribution in [0.1, 0.15) is 19.8 Å². The predicted octanol–water partition coefficient (Wildman–Crippen LogP) is 1.07. The Bertz CT molecular complexity index is 831. The van der Waals surface area contributed by atoms with Gasteiger partial charge in [-0.05, 0) is 31.9 Å². The maximum Gasteiger partial charge on any atom is 0.419 e. The Morgan fingerprint density at radius 2 is 2.23 bits per heavy atom. The summed E-state index contributed by atoms with van der Waals surface area (Å²) >= 11 is 0. The Labute approximate surface area is 127 Å². The number of nitrogens with one attached hydrogen (secondary N) is 1. The Hall–Kier alpha value is -1.64. The number of hydrogen-bond donors (Lipinski definition) is 1. The zero-order valence-electron chi connectivity index (χ0n) is 12.2. The number of hydrogen-bond acceptors (Lipinski definition) is 5. The molecule has 3 rings (SSSR count). The summed E-state index contributed by atoms with van der Waals surface area (Å²) in [6.07, 6.45) is 1.74. The van der Waals surface area contributed by atoms with E-state index in [1.165, 1.54) is 16.7 Å². The molecule has 0 spiro atoms. The lowest BCUT2D eigenvalue weighted by molar-refractivity contribution is 0.114. The fourth-order valence-corrected chi connectivity index (χ4v) is 3.69. The van der Waals surface area contributed by atoms with Crippen molar-refractivity contribution in [1.29, 1.82) is 0 Å². The second kappa shape index (κ2) is 5.86. The number of ether oxygens (including phenoxy) is 1. The number of nitrogens with zero attached hydrogens (tertiary/aromatic N) is 1. The summed E-state index contributed by atoms with van der Waals surface area (Å²) in [5, 5.41) is 0. The van der Waals surface area contributed by atoms with E-state index < -0.39 is 15.8 Å². The van der Waals surface area contributed by atoms with Crippen LogP contribution in [0.5, 0.6) is 0 Å². The number of fused-ring (bicyclic) bond motifs is 1. The van der Waals surface area contributed by atoms with Crippen molar-refractivity contribution < 1.29 is 17.6 Å². The minimum Gasteiger partial charge on any atom is -0.408 e. The van der Waals surface area contributed by atoms with Crippen LogP contribution in [0.25, 0.3) is 11.1 Å². The fraction of sp³-hybridized carbons (Fsp3) is 0.500. The third-order valence-corrected chi connectivity index (χ3v) is 5.21. The van der Waals surface area contributed by atoms with Crippen LogP contribution in [-0.2, 0) is 21.3 Å². The van der Waals surface area contributed by atoms with Gasteiger partial charge in [-0.3, -0.25) is 4.57 Å². The highest BCUT2D eigenvalue weighted by Gasteiger charge is 2.21. The van der Waals surface area contributed by atoms with E-state index in [0.29, 0.717) is 18.7 Å². The second-order valence-electron chi connectivity index (χ2n) is 5.23. The van der Waals surface area contributed by atoms with E-state index in [9.17, 15) is 13.2 Å². The lowest BCUT2D eigenvalue weighted by Gasteiger charge is -2.11. The average molecular weight is 326 g/mol. The van der Waals surface area contributed by atoms with Crippen molar-refractivity contribution in [2.45, 2.75) is 37.3 Å². The molecule has 120 valence electrons. The largest absolute Gasteiger partial charge is 0.419 e. The molecule has 2 aromatic rings. The summed E-state index contributed by atoms with van der Waals surface area (Å²) in [6, 6.07) is 4.44. The van der Waals surface area contributed by atoms with Crippen LogP contribution in [0.2, 0.25) is 0 Å². The standard InChI is InChI=1S/C14H18N2O5S/c1-2-16-12-6-5-11(8-13(12)21-14(16)17)22(18,19)15-9-10-4-3-7-20-10/h5-6,8,10,15H,2-4,7,9H2,1H3/t10-/m0/s1. The molecule has 1 aliphatic heterocycles. The van der Waals surface area contributed by atoms with Gasteiger partial charge in [0.1, 0.15) is 0 Å². The molecule has 1 saturated heterocycles. The Balaban J connectivity index is 1.86. The number of rotatable bonds is 5. The topological polar surface area (TPSA) is 90.5 Å². The SMILES string of the molecule is CCn1c(=O)oc2cc(S(=O)(=O)NC[C@@H]3CCCO3)ccc21. The van der Waals surface area contributed by atoms with Gasteiger partial charge in [-0.1, -0.05) is 0 Å². The van der Waals surface area contributed by atoms with E-state index in [4.69, 9.17) is 9.15 Å². The maximum absolute atomic E-state index is 12.3. The van der Waals surface area contributed by atoms with Crippen molar-refractivity contribution in [1.82, 2.24) is 9.29 Å². The molecule has 0 unspecified atom stereocenters. The monoisotopic (exact) mass is 326 g/mol. The molecular weight excluding hydrogens is 308 g/mol. The lowest BCUT2D eigenvalue weighted by Crippen LogP contribution is -2.31. The first-order chi connectivity index (χ1) is 10.5.